The lowest BCUT2D eigenvalue weighted by molar-refractivity contribution is -0.131. The van der Waals surface area contributed by atoms with Crippen LogP contribution in [-0.2, 0) is 9.59 Å². The quantitative estimate of drug-likeness (QED) is 0.673. The number of carbonyl (C=O) groups excluding carboxylic acids is 2. The second-order valence-corrected chi connectivity index (χ2v) is 5.79. The van der Waals surface area contributed by atoms with E-state index in [1.807, 2.05) is 12.1 Å². The zero-order valence-electron chi connectivity index (χ0n) is 9.84. The Hall–Kier alpha value is -1.37. The third-order valence-electron chi connectivity index (χ3n) is 2.25. The van der Waals surface area contributed by atoms with Crippen molar-refractivity contribution >= 4 is 57.8 Å². The van der Waals surface area contributed by atoms with Crippen LogP contribution in [0.15, 0.2) is 29.2 Å². The average molecular weight is 313 g/mol. The van der Waals surface area contributed by atoms with Crippen molar-refractivity contribution in [2.45, 2.75) is 6.92 Å². The Kier molecular flexibility index (Phi) is 4.24. The van der Waals surface area contributed by atoms with Gasteiger partial charge < -0.3 is 0 Å². The maximum absolute atomic E-state index is 12.1. The Bertz CT molecular complexity index is 601. The lowest BCUT2D eigenvalue weighted by Crippen LogP contribution is -2.43. The molecule has 1 aliphatic rings. The van der Waals surface area contributed by atoms with E-state index in [2.05, 4.69) is 5.43 Å². The maximum atomic E-state index is 12.1. The Morgan fingerprint density at radius 2 is 2.16 bits per heavy atom. The van der Waals surface area contributed by atoms with Crippen LogP contribution in [-0.4, -0.2) is 21.1 Å². The van der Waals surface area contributed by atoms with E-state index in [4.69, 9.17) is 23.8 Å². The van der Waals surface area contributed by atoms with E-state index >= 15 is 0 Å². The fourth-order valence-electron chi connectivity index (χ4n) is 1.45. The molecule has 1 heterocycles. The summed E-state index contributed by atoms with van der Waals surface area (Å²) in [5.74, 6) is -0.708. The molecule has 0 saturated carbocycles. The molecule has 1 fully saturated rings. The molecule has 0 radical (unpaired) electrons. The summed E-state index contributed by atoms with van der Waals surface area (Å²) in [5, 5.41) is 1.61. The van der Waals surface area contributed by atoms with Gasteiger partial charge in [-0.1, -0.05) is 41.6 Å². The van der Waals surface area contributed by atoms with E-state index in [0.717, 1.165) is 22.3 Å². The number of nitrogens with zero attached hydrogens (tertiary/aromatic N) is 1. The molecule has 19 heavy (non-hydrogen) atoms. The highest BCUT2D eigenvalue weighted by molar-refractivity contribution is 8.26. The van der Waals surface area contributed by atoms with Gasteiger partial charge in [0.25, 0.3) is 5.91 Å². The van der Waals surface area contributed by atoms with Gasteiger partial charge in [-0.2, -0.15) is 5.01 Å². The molecule has 1 aromatic carbocycles. The van der Waals surface area contributed by atoms with E-state index in [-0.39, 0.29) is 11.8 Å². The molecule has 1 aliphatic heterocycles. The maximum Gasteiger partial charge on any atom is 0.285 e. The lowest BCUT2D eigenvalue weighted by atomic mass is 10.2. The van der Waals surface area contributed by atoms with Gasteiger partial charge in [0.2, 0.25) is 5.91 Å². The molecule has 0 bridgehead atoms. The molecular formula is C12H9ClN2O2S2. The number of carbonyl (C=O) groups is 2. The molecule has 7 heteroatoms. The van der Waals surface area contributed by atoms with Gasteiger partial charge >= 0.3 is 0 Å². The van der Waals surface area contributed by atoms with Gasteiger partial charge in [0.1, 0.15) is 0 Å². The van der Waals surface area contributed by atoms with E-state index in [0.29, 0.717) is 14.2 Å². The van der Waals surface area contributed by atoms with Crippen LogP contribution in [0, 0.1) is 0 Å². The standard InChI is InChI=1S/C12H9ClN2O2S2/c1-7(16)14-15-11(17)10(19-12(15)18)6-8-4-2-3-5-9(8)13/h2-6H,1H3,(H,14,16)/b10-6+. The third-order valence-corrected chi connectivity index (χ3v) is 3.90. The van der Waals surface area contributed by atoms with Crippen molar-refractivity contribution < 1.29 is 9.59 Å². The van der Waals surface area contributed by atoms with Gasteiger partial charge in [-0.25, -0.2) is 0 Å². The summed E-state index contributed by atoms with van der Waals surface area (Å²) >= 11 is 12.2. The fraction of sp³-hybridized carbons (Fsp3) is 0.0833. The third kappa shape index (κ3) is 3.15. The van der Waals surface area contributed by atoms with Crippen molar-refractivity contribution in [3.63, 3.8) is 0 Å². The van der Waals surface area contributed by atoms with Gasteiger partial charge in [0.15, 0.2) is 4.32 Å². The highest BCUT2D eigenvalue weighted by Crippen LogP contribution is 2.32. The van der Waals surface area contributed by atoms with Gasteiger partial charge in [-0.3, -0.25) is 15.0 Å². The second-order valence-electron chi connectivity index (χ2n) is 3.71. The van der Waals surface area contributed by atoms with Crippen LogP contribution in [0.1, 0.15) is 12.5 Å². The molecule has 0 atom stereocenters. The minimum atomic E-state index is -0.356. The van der Waals surface area contributed by atoms with Crippen LogP contribution in [0.25, 0.3) is 6.08 Å². The first kappa shape index (κ1) is 14.0. The van der Waals surface area contributed by atoms with Crippen molar-refractivity contribution in [2.24, 2.45) is 0 Å². The van der Waals surface area contributed by atoms with Crippen molar-refractivity contribution in [3.8, 4) is 0 Å². The molecule has 2 amide bonds. The Morgan fingerprint density at radius 3 is 2.79 bits per heavy atom. The van der Waals surface area contributed by atoms with Crippen LogP contribution >= 0.6 is 35.6 Å². The molecule has 1 N–H and O–H groups in total. The zero-order valence-corrected chi connectivity index (χ0v) is 12.2. The first-order chi connectivity index (χ1) is 8.99. The monoisotopic (exact) mass is 312 g/mol. The summed E-state index contributed by atoms with van der Waals surface area (Å²) in [7, 11) is 0. The van der Waals surface area contributed by atoms with E-state index in [1.54, 1.807) is 18.2 Å². The van der Waals surface area contributed by atoms with Gasteiger partial charge in [-0.05, 0) is 29.9 Å². The van der Waals surface area contributed by atoms with Crippen LogP contribution in [0.3, 0.4) is 0 Å². The van der Waals surface area contributed by atoms with E-state index in [1.165, 1.54) is 6.92 Å². The number of thiocarbonyl (C=S) groups is 1. The lowest BCUT2D eigenvalue weighted by Gasteiger charge is -2.13. The smallest absolute Gasteiger partial charge is 0.274 e. The Balaban J connectivity index is 2.28. The first-order valence-corrected chi connectivity index (χ1v) is 6.89. The van der Waals surface area contributed by atoms with Gasteiger partial charge in [0, 0.05) is 11.9 Å². The number of halogens is 1. The second kappa shape index (κ2) is 5.73. The average Bonchev–Trinajstić information content (AvgIpc) is 2.60. The summed E-state index contributed by atoms with van der Waals surface area (Å²) < 4.78 is 0.290. The highest BCUT2D eigenvalue weighted by Gasteiger charge is 2.33. The zero-order chi connectivity index (χ0) is 14.0. The summed E-state index contributed by atoms with van der Waals surface area (Å²) in [6.45, 7) is 1.32. The summed E-state index contributed by atoms with van der Waals surface area (Å²) in [5.41, 5.74) is 3.11. The molecule has 0 aromatic heterocycles. The largest absolute Gasteiger partial charge is 0.285 e. The minimum absolute atomic E-state index is 0.290. The number of nitrogens with one attached hydrogen (secondary N) is 1. The highest BCUT2D eigenvalue weighted by atomic mass is 35.5. The number of hydrogen-bond donors (Lipinski definition) is 1. The van der Waals surface area contributed by atoms with Gasteiger partial charge in [0.05, 0.1) is 4.91 Å². The molecule has 1 saturated heterocycles. The van der Waals surface area contributed by atoms with Crippen LogP contribution in [0.2, 0.25) is 5.02 Å². The Labute approximate surface area is 124 Å². The van der Waals surface area contributed by atoms with Crippen molar-refractivity contribution in [3.05, 3.63) is 39.8 Å². The minimum Gasteiger partial charge on any atom is -0.274 e. The number of amides is 2. The van der Waals surface area contributed by atoms with E-state index in [9.17, 15) is 9.59 Å². The molecule has 1 aromatic rings. The van der Waals surface area contributed by atoms with Crippen molar-refractivity contribution in [1.82, 2.24) is 10.4 Å². The molecular weight excluding hydrogens is 304 g/mol. The summed E-state index contributed by atoms with van der Waals surface area (Å²) in [4.78, 5) is 23.5. The normalized spacial score (nSPS) is 17.2. The number of hydrazine groups is 1. The molecule has 0 unspecified atom stereocenters. The SMILES string of the molecule is CC(=O)NN1C(=O)/C(=C\c2ccccc2Cl)SC1=S. The number of benzene rings is 1. The number of hydrogen-bond acceptors (Lipinski definition) is 4. The molecule has 0 aliphatic carbocycles. The fourth-order valence-corrected chi connectivity index (χ4v) is 2.82. The molecule has 98 valence electrons. The summed E-state index contributed by atoms with van der Waals surface area (Å²) in [6.07, 6.45) is 1.66. The predicted octanol–water partition coefficient (Wildman–Crippen LogP) is 2.59. The van der Waals surface area contributed by atoms with Crippen LogP contribution in [0.5, 0.6) is 0 Å². The van der Waals surface area contributed by atoms with Gasteiger partial charge in [-0.15, -0.1) is 0 Å². The number of rotatable bonds is 2. The summed E-state index contributed by atoms with van der Waals surface area (Å²) in [6, 6.07) is 7.17. The first-order valence-electron chi connectivity index (χ1n) is 5.29. The number of thioether (sulfide) groups is 1. The van der Waals surface area contributed by atoms with E-state index < -0.39 is 0 Å². The van der Waals surface area contributed by atoms with Crippen LogP contribution < -0.4 is 5.43 Å². The molecule has 4 nitrogen and oxygen atoms in total. The predicted molar refractivity (Wildman–Crippen MR) is 80.3 cm³/mol. The topological polar surface area (TPSA) is 49.4 Å². The van der Waals surface area contributed by atoms with Crippen LogP contribution in [0.4, 0.5) is 0 Å². The van der Waals surface area contributed by atoms with Crippen molar-refractivity contribution in [2.75, 3.05) is 0 Å². The van der Waals surface area contributed by atoms with Crippen molar-refractivity contribution in [1.29, 1.82) is 0 Å². The molecule has 2 rings (SSSR count). The molecule has 0 spiro atoms. The Morgan fingerprint density at radius 1 is 1.47 bits per heavy atom.